The Hall–Kier alpha value is 1.80. The largest absolute Gasteiger partial charge is 1.00 e. The van der Waals surface area contributed by atoms with Crippen LogP contribution >= 0.6 is 15.6 Å². The van der Waals surface area contributed by atoms with Crippen molar-refractivity contribution in [3.63, 3.8) is 0 Å². The third-order valence-corrected chi connectivity index (χ3v) is 1.86. The van der Waals surface area contributed by atoms with Crippen molar-refractivity contribution in [2.24, 2.45) is 0 Å². The molecule has 3 N–H and O–H groups in total. The zero-order chi connectivity index (χ0) is 10.4. The summed E-state index contributed by atoms with van der Waals surface area (Å²) >= 11 is 0. The normalized spacial score (nSPS) is 9.71. The van der Waals surface area contributed by atoms with E-state index >= 15 is 0 Å². The van der Waals surface area contributed by atoms with Crippen LogP contribution in [0.5, 0.6) is 0 Å². The summed E-state index contributed by atoms with van der Waals surface area (Å²) in [6.07, 6.45) is 0.750. The van der Waals surface area contributed by atoms with Gasteiger partial charge < -0.3 is 29.2 Å². The first-order valence-electron chi connectivity index (χ1n) is 2.16. The number of rotatable bonds is 2. The van der Waals surface area contributed by atoms with Gasteiger partial charge in [-0.05, 0) is 0 Å². The smallest absolute Gasteiger partial charge is 0.789 e. The first kappa shape index (κ1) is 24.9. The number of hydrogen-bond donors (Lipinski definition) is 3. The second kappa shape index (κ2) is 11.3. The molecule has 0 saturated heterocycles. The molecular weight excluding hydrogens is 260 g/mol. The summed E-state index contributed by atoms with van der Waals surface area (Å²) in [6, 6.07) is 0. The van der Waals surface area contributed by atoms with Gasteiger partial charge in [0.2, 0.25) is 0 Å². The Morgan fingerprint density at radius 2 is 1.43 bits per heavy atom. The van der Waals surface area contributed by atoms with Crippen molar-refractivity contribution in [3.05, 3.63) is 12.8 Å². The van der Waals surface area contributed by atoms with Crippen LogP contribution in [0.1, 0.15) is 0 Å². The van der Waals surface area contributed by atoms with Crippen molar-refractivity contribution >= 4 is 15.6 Å². The van der Waals surface area contributed by atoms with Gasteiger partial charge >= 0.3 is 66.9 Å². The maximum atomic E-state index is 9.55. The SMILES string of the molecule is C=CO.O=P([O-])([O-])OP(=O)(O)O.[Na+].[Na+]. The fourth-order valence-electron chi connectivity index (χ4n) is 0.130. The van der Waals surface area contributed by atoms with Crippen molar-refractivity contribution < 1.29 is 97.2 Å². The molecule has 0 fully saturated rings. The minimum absolute atomic E-state index is 0. The Labute approximate surface area is 124 Å². The van der Waals surface area contributed by atoms with Crippen molar-refractivity contribution in [2.45, 2.75) is 0 Å². The second-order valence-electron chi connectivity index (χ2n) is 1.20. The van der Waals surface area contributed by atoms with E-state index in [0.717, 1.165) is 6.26 Å². The second-order valence-corrected chi connectivity index (χ2v) is 3.73. The Morgan fingerprint density at radius 3 is 1.43 bits per heavy atom. The van der Waals surface area contributed by atoms with Crippen molar-refractivity contribution in [1.29, 1.82) is 0 Å². The summed E-state index contributed by atoms with van der Waals surface area (Å²) in [5.74, 6) is 0. The molecule has 0 bridgehead atoms. The predicted octanol–water partition coefficient (Wildman–Crippen LogP) is -7.38. The molecule has 0 unspecified atom stereocenters. The monoisotopic (exact) mass is 266 g/mol. The van der Waals surface area contributed by atoms with E-state index in [1.807, 2.05) is 0 Å². The van der Waals surface area contributed by atoms with E-state index in [0.29, 0.717) is 0 Å². The summed E-state index contributed by atoms with van der Waals surface area (Å²) in [5, 5.41) is 7.33. The van der Waals surface area contributed by atoms with Crippen LogP contribution in [0.2, 0.25) is 0 Å². The molecule has 0 aliphatic heterocycles. The van der Waals surface area contributed by atoms with Crippen molar-refractivity contribution in [2.75, 3.05) is 0 Å². The van der Waals surface area contributed by atoms with Gasteiger partial charge in [-0.3, -0.25) is 4.31 Å². The van der Waals surface area contributed by atoms with Crippen molar-refractivity contribution in [3.8, 4) is 0 Å². The molecule has 0 amide bonds. The fraction of sp³-hybridized carbons (Fsp3) is 0. The zero-order valence-corrected chi connectivity index (χ0v) is 13.4. The Kier molecular flexibility index (Phi) is 20.0. The first-order valence-corrected chi connectivity index (χ1v) is 5.15. The van der Waals surface area contributed by atoms with Crippen LogP contribution in [0, 0.1) is 0 Å². The molecule has 0 aromatic rings. The van der Waals surface area contributed by atoms with E-state index in [4.69, 9.17) is 14.9 Å². The summed E-state index contributed by atoms with van der Waals surface area (Å²) in [7, 11) is -10.7. The van der Waals surface area contributed by atoms with Gasteiger partial charge in [0.25, 0.3) is 0 Å². The Bertz CT molecular complexity index is 197. The van der Waals surface area contributed by atoms with E-state index in [1.165, 1.54) is 0 Å². The van der Waals surface area contributed by atoms with Crippen LogP contribution < -0.4 is 68.9 Å². The van der Waals surface area contributed by atoms with Crippen LogP contribution in [0.15, 0.2) is 12.8 Å². The third kappa shape index (κ3) is 37.2. The van der Waals surface area contributed by atoms with Crippen LogP contribution in [0.4, 0.5) is 0 Å². The third-order valence-electron chi connectivity index (χ3n) is 0.206. The molecule has 0 spiro atoms. The quantitative estimate of drug-likeness (QED) is 0.253. The standard InChI is InChI=1S/C2H4O.2Na.H4O7P2/c1-2-3;;;1-8(2,3)7-9(4,5)6/h2-3H,1H2;;;(H2,1,2,3)(H2,4,5,6)/q;2*+1;/p-2. The molecule has 0 heterocycles. The van der Waals surface area contributed by atoms with Crippen LogP contribution in [0.25, 0.3) is 0 Å². The van der Waals surface area contributed by atoms with Crippen molar-refractivity contribution in [1.82, 2.24) is 0 Å². The molecule has 12 heteroatoms. The van der Waals surface area contributed by atoms with Gasteiger partial charge in [-0.15, -0.1) is 0 Å². The van der Waals surface area contributed by atoms with Crippen LogP contribution in [0.3, 0.4) is 0 Å². The van der Waals surface area contributed by atoms with Gasteiger partial charge in [-0.1, -0.05) is 6.58 Å². The van der Waals surface area contributed by atoms with E-state index in [2.05, 4.69) is 10.9 Å². The van der Waals surface area contributed by atoms with Gasteiger partial charge in [-0.2, -0.15) is 0 Å². The average molecular weight is 266 g/mol. The Morgan fingerprint density at radius 1 is 1.21 bits per heavy atom. The summed E-state index contributed by atoms with van der Waals surface area (Å²) in [6.45, 7) is 2.92. The fourth-order valence-corrected chi connectivity index (χ4v) is 1.17. The molecule has 0 aliphatic carbocycles. The molecule has 0 aliphatic rings. The molecule has 0 saturated carbocycles. The maximum Gasteiger partial charge on any atom is 1.00 e. The molecule has 0 atom stereocenters. The maximum absolute atomic E-state index is 9.55. The molecule has 14 heavy (non-hydrogen) atoms. The molecule has 74 valence electrons. The van der Waals surface area contributed by atoms with E-state index in [-0.39, 0.29) is 59.1 Å². The molecule has 8 nitrogen and oxygen atoms in total. The van der Waals surface area contributed by atoms with Gasteiger partial charge in [-0.25, -0.2) is 4.57 Å². The zero-order valence-electron chi connectivity index (χ0n) is 7.56. The molecule has 0 rings (SSSR count). The Balaban J connectivity index is -0.0000000891. The predicted molar refractivity (Wildman–Crippen MR) is 33.6 cm³/mol. The molecular formula is C2H6Na2O8P2. The van der Waals surface area contributed by atoms with E-state index < -0.39 is 15.6 Å². The van der Waals surface area contributed by atoms with Gasteiger partial charge in [0.05, 0.1) is 14.1 Å². The molecule has 0 radical (unpaired) electrons. The molecule has 0 aromatic heterocycles. The number of aliphatic hydroxyl groups is 1. The minimum Gasteiger partial charge on any atom is -0.789 e. The van der Waals surface area contributed by atoms with Crippen LogP contribution in [-0.4, -0.2) is 14.9 Å². The molecule has 0 aromatic carbocycles. The average Bonchev–Trinajstić information content (AvgIpc) is 1.53. The number of hydrogen-bond acceptors (Lipinski definition) is 6. The number of phosphoric acid groups is 2. The summed E-state index contributed by atoms with van der Waals surface area (Å²) in [5.41, 5.74) is 0. The minimum atomic E-state index is -5.55. The number of aliphatic hydroxyl groups excluding tert-OH is 1. The summed E-state index contributed by atoms with van der Waals surface area (Å²) < 4.78 is 21.7. The van der Waals surface area contributed by atoms with E-state index in [1.54, 1.807) is 0 Å². The van der Waals surface area contributed by atoms with Gasteiger partial charge in [0.15, 0.2) is 0 Å². The van der Waals surface area contributed by atoms with E-state index in [9.17, 15) is 18.9 Å². The summed E-state index contributed by atoms with van der Waals surface area (Å²) in [4.78, 5) is 34.1. The van der Waals surface area contributed by atoms with Gasteiger partial charge in [0.1, 0.15) is 0 Å². The first-order chi connectivity index (χ1) is 5.12. The van der Waals surface area contributed by atoms with Crippen LogP contribution in [-0.2, 0) is 13.4 Å². The van der Waals surface area contributed by atoms with Gasteiger partial charge in [0, 0.05) is 0 Å². The topological polar surface area (TPSA) is 150 Å².